The molecular weight excluding hydrogens is 372 g/mol. The Hall–Kier alpha value is -4.00. The van der Waals surface area contributed by atoms with Crippen molar-refractivity contribution in [3.05, 3.63) is 105 Å². The van der Waals surface area contributed by atoms with E-state index in [-0.39, 0.29) is 23.8 Å². The molecule has 0 radical (unpaired) electrons. The number of nitro benzene ring substituents is 1. The molecule has 0 bridgehead atoms. The van der Waals surface area contributed by atoms with Crippen molar-refractivity contribution >= 4 is 23.3 Å². The van der Waals surface area contributed by atoms with Gasteiger partial charge in [-0.05, 0) is 42.8 Å². The summed E-state index contributed by atoms with van der Waals surface area (Å²) in [6, 6.07) is 19.5. The van der Waals surface area contributed by atoms with Gasteiger partial charge in [-0.2, -0.15) is 0 Å². The first-order valence-corrected chi connectivity index (χ1v) is 8.81. The number of aryl methyl sites for hydroxylation is 1. The molecule has 29 heavy (non-hydrogen) atoms. The Labute approximate surface area is 167 Å². The summed E-state index contributed by atoms with van der Waals surface area (Å²) in [6.07, 6.45) is 0. The molecule has 0 unspecified atom stereocenters. The maximum atomic E-state index is 12.4. The number of rotatable bonds is 6. The summed E-state index contributed by atoms with van der Waals surface area (Å²) in [4.78, 5) is 35.0. The number of esters is 1. The van der Waals surface area contributed by atoms with Gasteiger partial charge >= 0.3 is 5.97 Å². The molecular formula is C22H18N2O5. The molecule has 0 heterocycles. The van der Waals surface area contributed by atoms with Crippen LogP contribution in [0.25, 0.3) is 0 Å². The van der Waals surface area contributed by atoms with Crippen LogP contribution in [0.3, 0.4) is 0 Å². The maximum Gasteiger partial charge on any atom is 0.338 e. The number of ether oxygens (including phenoxy) is 1. The normalized spacial score (nSPS) is 10.2. The van der Waals surface area contributed by atoms with Crippen LogP contribution in [-0.4, -0.2) is 16.8 Å². The number of nitro groups is 1. The van der Waals surface area contributed by atoms with Crippen molar-refractivity contribution in [2.45, 2.75) is 13.5 Å². The van der Waals surface area contributed by atoms with Crippen LogP contribution in [0.15, 0.2) is 72.8 Å². The Kier molecular flexibility index (Phi) is 5.99. The first-order valence-electron chi connectivity index (χ1n) is 8.81. The van der Waals surface area contributed by atoms with Crippen molar-refractivity contribution in [2.24, 2.45) is 0 Å². The van der Waals surface area contributed by atoms with Crippen LogP contribution >= 0.6 is 0 Å². The quantitative estimate of drug-likeness (QED) is 0.379. The molecule has 0 aliphatic rings. The summed E-state index contributed by atoms with van der Waals surface area (Å²) < 4.78 is 5.23. The van der Waals surface area contributed by atoms with E-state index in [9.17, 15) is 19.7 Å². The van der Waals surface area contributed by atoms with Crippen LogP contribution in [0.2, 0.25) is 0 Å². The van der Waals surface area contributed by atoms with E-state index in [1.807, 2.05) is 13.0 Å². The van der Waals surface area contributed by atoms with Gasteiger partial charge in [0, 0.05) is 23.4 Å². The average Bonchev–Trinajstić information content (AvgIpc) is 2.72. The third kappa shape index (κ3) is 5.26. The average molecular weight is 390 g/mol. The molecule has 7 nitrogen and oxygen atoms in total. The highest BCUT2D eigenvalue weighted by Gasteiger charge is 2.12. The monoisotopic (exact) mass is 390 g/mol. The number of benzene rings is 3. The van der Waals surface area contributed by atoms with E-state index in [0.717, 1.165) is 5.56 Å². The number of nitrogens with zero attached hydrogens (tertiary/aromatic N) is 1. The minimum atomic E-state index is -0.594. The van der Waals surface area contributed by atoms with E-state index in [4.69, 9.17) is 4.74 Å². The summed E-state index contributed by atoms with van der Waals surface area (Å²) in [5, 5.41) is 13.6. The number of carbonyl (C=O) groups is 2. The molecule has 0 spiro atoms. The number of hydrogen-bond donors (Lipinski definition) is 1. The number of nitrogens with one attached hydrogen (secondary N) is 1. The van der Waals surface area contributed by atoms with E-state index < -0.39 is 10.9 Å². The molecule has 0 fully saturated rings. The highest BCUT2D eigenvalue weighted by molar-refractivity contribution is 6.05. The fourth-order valence-corrected chi connectivity index (χ4v) is 2.71. The third-order valence-electron chi connectivity index (χ3n) is 4.13. The summed E-state index contributed by atoms with van der Waals surface area (Å²) in [5.41, 5.74) is 2.65. The summed E-state index contributed by atoms with van der Waals surface area (Å²) in [6.45, 7) is 1.80. The summed E-state index contributed by atoms with van der Waals surface area (Å²) >= 11 is 0. The fourth-order valence-electron chi connectivity index (χ4n) is 2.71. The molecule has 0 saturated carbocycles. The smallest absolute Gasteiger partial charge is 0.338 e. The van der Waals surface area contributed by atoms with Crippen LogP contribution < -0.4 is 5.32 Å². The highest BCUT2D eigenvalue weighted by Crippen LogP contribution is 2.17. The van der Waals surface area contributed by atoms with Crippen LogP contribution in [0, 0.1) is 17.0 Å². The lowest BCUT2D eigenvalue weighted by molar-refractivity contribution is -0.384. The highest BCUT2D eigenvalue weighted by atomic mass is 16.6. The van der Waals surface area contributed by atoms with Crippen molar-refractivity contribution in [3.8, 4) is 0 Å². The SMILES string of the molecule is Cc1cccc(C(=O)Nc2cccc(C(=O)OCc3cccc([N+](=O)[O-])c3)c2)c1. The van der Waals surface area contributed by atoms with Crippen molar-refractivity contribution in [3.63, 3.8) is 0 Å². The van der Waals surface area contributed by atoms with Crippen LogP contribution in [0.4, 0.5) is 11.4 Å². The van der Waals surface area contributed by atoms with Gasteiger partial charge in [-0.1, -0.05) is 35.9 Å². The number of anilines is 1. The van der Waals surface area contributed by atoms with Crippen molar-refractivity contribution in [2.75, 3.05) is 5.32 Å². The largest absolute Gasteiger partial charge is 0.457 e. The fraction of sp³-hybridized carbons (Fsp3) is 0.0909. The van der Waals surface area contributed by atoms with Crippen molar-refractivity contribution < 1.29 is 19.2 Å². The second kappa shape index (κ2) is 8.79. The maximum absolute atomic E-state index is 12.4. The van der Waals surface area contributed by atoms with Crippen molar-refractivity contribution in [1.82, 2.24) is 0 Å². The molecule has 0 atom stereocenters. The van der Waals surface area contributed by atoms with Gasteiger partial charge < -0.3 is 10.1 Å². The van der Waals surface area contributed by atoms with Gasteiger partial charge in [-0.25, -0.2) is 4.79 Å². The predicted octanol–water partition coefficient (Wildman–Crippen LogP) is 4.51. The Morgan fingerprint density at radius 2 is 1.69 bits per heavy atom. The molecule has 0 saturated heterocycles. The molecule has 0 aliphatic heterocycles. The number of non-ortho nitro benzene ring substituents is 1. The zero-order chi connectivity index (χ0) is 20.8. The van der Waals surface area contributed by atoms with Crippen LogP contribution in [0.5, 0.6) is 0 Å². The Bertz CT molecular complexity index is 1080. The third-order valence-corrected chi connectivity index (χ3v) is 4.13. The van der Waals surface area contributed by atoms with E-state index in [1.165, 1.54) is 24.3 Å². The minimum Gasteiger partial charge on any atom is -0.457 e. The second-order valence-electron chi connectivity index (χ2n) is 6.41. The first-order chi connectivity index (χ1) is 13.9. The lowest BCUT2D eigenvalue weighted by atomic mass is 10.1. The summed E-state index contributed by atoms with van der Waals surface area (Å²) in [5.74, 6) is -0.876. The van der Waals surface area contributed by atoms with Gasteiger partial charge in [0.25, 0.3) is 11.6 Å². The molecule has 3 rings (SSSR count). The summed E-state index contributed by atoms with van der Waals surface area (Å²) in [7, 11) is 0. The number of carbonyl (C=O) groups excluding carboxylic acids is 2. The van der Waals surface area contributed by atoms with Gasteiger partial charge in [0.1, 0.15) is 6.61 Å². The lowest BCUT2D eigenvalue weighted by Gasteiger charge is -2.09. The molecule has 7 heteroatoms. The minimum absolute atomic E-state index is 0.0700. The van der Waals surface area contributed by atoms with Gasteiger partial charge in [0.15, 0.2) is 0 Å². The van der Waals surface area contributed by atoms with E-state index in [1.54, 1.807) is 42.5 Å². The van der Waals surface area contributed by atoms with E-state index >= 15 is 0 Å². The molecule has 3 aromatic rings. The second-order valence-corrected chi connectivity index (χ2v) is 6.41. The Morgan fingerprint density at radius 3 is 2.45 bits per heavy atom. The van der Waals surface area contributed by atoms with Crippen LogP contribution in [0.1, 0.15) is 31.8 Å². The molecule has 0 aromatic heterocycles. The number of amides is 1. The lowest BCUT2D eigenvalue weighted by Crippen LogP contribution is -2.13. The molecule has 1 N–H and O–H groups in total. The zero-order valence-electron chi connectivity index (χ0n) is 15.6. The van der Waals surface area contributed by atoms with Crippen molar-refractivity contribution in [1.29, 1.82) is 0 Å². The van der Waals surface area contributed by atoms with Gasteiger partial charge in [0.05, 0.1) is 10.5 Å². The molecule has 1 amide bonds. The Balaban J connectivity index is 1.65. The predicted molar refractivity (Wildman–Crippen MR) is 108 cm³/mol. The standard InChI is InChI=1S/C22H18N2O5/c1-15-5-2-7-17(11-15)21(25)23-19-9-4-8-18(13-19)22(26)29-14-16-6-3-10-20(12-16)24(27)28/h2-13H,14H2,1H3,(H,23,25). The Morgan fingerprint density at radius 1 is 0.966 bits per heavy atom. The molecule has 3 aromatic carbocycles. The molecule has 146 valence electrons. The van der Waals surface area contributed by atoms with Gasteiger partial charge in [-0.15, -0.1) is 0 Å². The zero-order valence-corrected chi connectivity index (χ0v) is 15.6. The van der Waals surface area contributed by atoms with E-state index in [0.29, 0.717) is 16.8 Å². The van der Waals surface area contributed by atoms with Gasteiger partial charge in [-0.3, -0.25) is 14.9 Å². The van der Waals surface area contributed by atoms with Crippen LogP contribution in [-0.2, 0) is 11.3 Å². The first kappa shape index (κ1) is 19.8. The topological polar surface area (TPSA) is 98.5 Å². The van der Waals surface area contributed by atoms with E-state index in [2.05, 4.69) is 5.32 Å². The number of hydrogen-bond acceptors (Lipinski definition) is 5. The van der Waals surface area contributed by atoms with Gasteiger partial charge in [0.2, 0.25) is 0 Å². The molecule has 0 aliphatic carbocycles.